The van der Waals surface area contributed by atoms with Crippen LogP contribution in [-0.4, -0.2) is 34.7 Å². The second-order valence-electron chi connectivity index (χ2n) is 6.62. The Bertz CT molecular complexity index is 742. The predicted molar refractivity (Wildman–Crippen MR) is 96.5 cm³/mol. The summed E-state index contributed by atoms with van der Waals surface area (Å²) in [6.45, 7) is 4.67. The number of hydrogen-bond donors (Lipinski definition) is 3. The third-order valence-electron chi connectivity index (χ3n) is 4.21. The van der Waals surface area contributed by atoms with Crippen molar-refractivity contribution < 1.29 is 9.59 Å². The highest BCUT2D eigenvalue weighted by Gasteiger charge is 2.28. The van der Waals surface area contributed by atoms with Crippen molar-refractivity contribution in [2.45, 2.75) is 32.7 Å². The summed E-state index contributed by atoms with van der Waals surface area (Å²) >= 11 is 0. The summed E-state index contributed by atoms with van der Waals surface area (Å²) in [6, 6.07) is 8.67. The second-order valence-corrected chi connectivity index (χ2v) is 6.62. The van der Waals surface area contributed by atoms with Crippen LogP contribution in [0.15, 0.2) is 36.5 Å². The van der Waals surface area contributed by atoms with Gasteiger partial charge in [0, 0.05) is 18.3 Å². The van der Waals surface area contributed by atoms with Gasteiger partial charge in [-0.15, -0.1) is 0 Å². The Morgan fingerprint density at radius 2 is 2.08 bits per heavy atom. The number of amides is 3. The van der Waals surface area contributed by atoms with Crippen molar-refractivity contribution in [2.24, 2.45) is 5.92 Å². The molecule has 0 aliphatic carbocycles. The zero-order chi connectivity index (χ0) is 17.8. The minimum atomic E-state index is -0.608. The van der Waals surface area contributed by atoms with Gasteiger partial charge in [0.15, 0.2) is 0 Å². The first-order chi connectivity index (χ1) is 12.0. The van der Waals surface area contributed by atoms with Gasteiger partial charge in [-0.3, -0.25) is 14.8 Å². The van der Waals surface area contributed by atoms with E-state index in [1.165, 1.54) is 0 Å². The lowest BCUT2D eigenvalue weighted by molar-refractivity contribution is -0.118. The molecule has 0 spiro atoms. The first kappa shape index (κ1) is 17.0. The van der Waals surface area contributed by atoms with Gasteiger partial charge in [-0.2, -0.15) is 5.10 Å². The fourth-order valence-electron chi connectivity index (χ4n) is 3.02. The Hall–Kier alpha value is -2.83. The van der Waals surface area contributed by atoms with Crippen molar-refractivity contribution in [3.05, 3.63) is 42.1 Å². The number of para-hydroxylation sites is 1. The molecule has 0 unspecified atom stereocenters. The van der Waals surface area contributed by atoms with Gasteiger partial charge in [0.2, 0.25) is 5.91 Å². The number of fused-ring (bicyclic) bond motifs is 1. The third kappa shape index (κ3) is 3.99. The molecule has 1 atom stereocenters. The molecule has 132 valence electrons. The Morgan fingerprint density at radius 1 is 1.28 bits per heavy atom. The average molecular weight is 341 g/mol. The Morgan fingerprint density at radius 3 is 2.80 bits per heavy atom. The maximum Gasteiger partial charge on any atom is 0.322 e. The van der Waals surface area contributed by atoms with Crippen molar-refractivity contribution in [1.82, 2.24) is 15.5 Å². The number of nitrogens with zero attached hydrogens (tertiary/aromatic N) is 2. The summed E-state index contributed by atoms with van der Waals surface area (Å²) in [4.78, 5) is 27.0. The second kappa shape index (κ2) is 7.38. The van der Waals surface area contributed by atoms with Crippen molar-refractivity contribution in [2.75, 3.05) is 16.8 Å². The first-order valence-corrected chi connectivity index (χ1v) is 8.50. The van der Waals surface area contributed by atoms with Gasteiger partial charge < -0.3 is 10.6 Å². The van der Waals surface area contributed by atoms with Crippen LogP contribution in [0.1, 0.15) is 25.8 Å². The summed E-state index contributed by atoms with van der Waals surface area (Å²) in [5.74, 6) is 0.530. The molecule has 3 amide bonds. The zero-order valence-corrected chi connectivity index (χ0v) is 14.5. The normalized spacial score (nSPS) is 14.3. The lowest BCUT2D eigenvalue weighted by atomic mass is 10.0. The number of carbonyl (C=O) groups is 2. The van der Waals surface area contributed by atoms with E-state index in [-0.39, 0.29) is 17.9 Å². The Labute approximate surface area is 146 Å². The topological polar surface area (TPSA) is 90.1 Å². The number of anilines is 2. The van der Waals surface area contributed by atoms with E-state index in [1.54, 1.807) is 17.2 Å². The maximum atomic E-state index is 12.7. The summed E-state index contributed by atoms with van der Waals surface area (Å²) in [7, 11) is 0. The van der Waals surface area contributed by atoms with E-state index in [1.807, 2.05) is 38.1 Å². The van der Waals surface area contributed by atoms with Gasteiger partial charge >= 0.3 is 6.03 Å². The molecule has 3 N–H and O–H groups in total. The number of benzene rings is 1. The fourth-order valence-corrected chi connectivity index (χ4v) is 3.02. The van der Waals surface area contributed by atoms with Gasteiger partial charge in [-0.05, 0) is 30.4 Å². The molecule has 3 rings (SSSR count). The lowest BCUT2D eigenvalue weighted by Crippen LogP contribution is -2.49. The van der Waals surface area contributed by atoms with E-state index in [0.717, 1.165) is 17.7 Å². The third-order valence-corrected chi connectivity index (χ3v) is 4.21. The molecule has 1 aromatic carbocycles. The van der Waals surface area contributed by atoms with Crippen molar-refractivity contribution in [3.63, 3.8) is 0 Å². The van der Waals surface area contributed by atoms with Crippen molar-refractivity contribution >= 4 is 23.4 Å². The van der Waals surface area contributed by atoms with Crippen LogP contribution in [0.3, 0.4) is 0 Å². The van der Waals surface area contributed by atoms with Crippen molar-refractivity contribution in [1.29, 1.82) is 0 Å². The minimum absolute atomic E-state index is 0.240. The van der Waals surface area contributed by atoms with Gasteiger partial charge in [0.1, 0.15) is 11.9 Å². The monoisotopic (exact) mass is 341 g/mol. The zero-order valence-electron chi connectivity index (χ0n) is 14.5. The molecule has 2 aromatic rings. The molecule has 0 bridgehead atoms. The van der Waals surface area contributed by atoms with E-state index < -0.39 is 6.04 Å². The Kier molecular flexibility index (Phi) is 5.02. The first-order valence-electron chi connectivity index (χ1n) is 8.50. The highest BCUT2D eigenvalue weighted by Crippen LogP contribution is 2.27. The van der Waals surface area contributed by atoms with Crippen LogP contribution < -0.4 is 15.5 Å². The van der Waals surface area contributed by atoms with Crippen LogP contribution in [0.25, 0.3) is 0 Å². The van der Waals surface area contributed by atoms with E-state index in [9.17, 15) is 9.59 Å². The minimum Gasteiger partial charge on any atom is -0.326 e. The summed E-state index contributed by atoms with van der Waals surface area (Å²) in [5, 5.41) is 12.1. The van der Waals surface area contributed by atoms with E-state index in [0.29, 0.717) is 18.8 Å². The molecule has 25 heavy (non-hydrogen) atoms. The number of urea groups is 1. The number of hydrogen-bond acceptors (Lipinski definition) is 3. The quantitative estimate of drug-likeness (QED) is 0.780. The van der Waals surface area contributed by atoms with E-state index >= 15 is 0 Å². The molecule has 0 radical (unpaired) electrons. The van der Waals surface area contributed by atoms with Gasteiger partial charge in [0.05, 0.1) is 6.20 Å². The van der Waals surface area contributed by atoms with E-state index in [2.05, 4.69) is 20.8 Å². The lowest BCUT2D eigenvalue weighted by Gasteiger charge is -2.24. The fraction of sp³-hybridized carbons (Fsp3) is 0.389. The largest absolute Gasteiger partial charge is 0.326 e. The summed E-state index contributed by atoms with van der Waals surface area (Å²) < 4.78 is 0. The van der Waals surface area contributed by atoms with E-state index in [4.69, 9.17) is 0 Å². The SMILES string of the molecule is CC(C)C[C@H](NC(=O)N1CCc2ccccc21)C(=O)Nc1ccn[nH]1. The van der Waals surface area contributed by atoms with Crippen LogP contribution in [0, 0.1) is 5.92 Å². The molecule has 2 heterocycles. The molecular weight excluding hydrogens is 318 g/mol. The molecule has 0 saturated carbocycles. The van der Waals surface area contributed by atoms with Crippen LogP contribution in [0.2, 0.25) is 0 Å². The van der Waals surface area contributed by atoms with Gasteiger partial charge in [0.25, 0.3) is 0 Å². The van der Waals surface area contributed by atoms with Crippen LogP contribution in [0.4, 0.5) is 16.3 Å². The van der Waals surface area contributed by atoms with Gasteiger partial charge in [-0.25, -0.2) is 4.79 Å². The smallest absolute Gasteiger partial charge is 0.322 e. The molecule has 1 aliphatic rings. The van der Waals surface area contributed by atoms with Gasteiger partial charge in [-0.1, -0.05) is 32.0 Å². The van der Waals surface area contributed by atoms with Crippen LogP contribution in [0.5, 0.6) is 0 Å². The molecule has 7 heteroatoms. The number of rotatable bonds is 5. The Balaban J connectivity index is 1.69. The standard InChI is InChI=1S/C18H23N5O2/c1-12(2)11-14(17(24)21-16-7-9-19-22-16)20-18(25)23-10-8-13-5-3-4-6-15(13)23/h3-7,9,12,14H,8,10-11H2,1-2H3,(H,20,25)(H2,19,21,22,24)/t14-/m0/s1. The summed E-state index contributed by atoms with van der Waals surface area (Å²) in [6.07, 6.45) is 2.95. The summed E-state index contributed by atoms with van der Waals surface area (Å²) in [5.41, 5.74) is 2.07. The van der Waals surface area contributed by atoms with Crippen LogP contribution in [-0.2, 0) is 11.2 Å². The molecular formula is C18H23N5O2. The molecule has 0 saturated heterocycles. The number of H-pyrrole nitrogens is 1. The molecule has 1 aromatic heterocycles. The number of aromatic nitrogens is 2. The number of carbonyl (C=O) groups excluding carboxylic acids is 2. The number of nitrogens with one attached hydrogen (secondary N) is 3. The predicted octanol–water partition coefficient (Wildman–Crippen LogP) is 2.54. The highest BCUT2D eigenvalue weighted by atomic mass is 16.2. The highest BCUT2D eigenvalue weighted by molar-refractivity contribution is 6.00. The molecule has 7 nitrogen and oxygen atoms in total. The number of aromatic amines is 1. The maximum absolute atomic E-state index is 12.7. The molecule has 0 fully saturated rings. The van der Waals surface area contributed by atoms with Crippen LogP contribution >= 0.6 is 0 Å². The average Bonchev–Trinajstić information content (AvgIpc) is 3.22. The van der Waals surface area contributed by atoms with Crippen molar-refractivity contribution in [3.8, 4) is 0 Å². The molecule has 1 aliphatic heterocycles.